The molecular weight excluding hydrogens is 336 g/mol. The lowest BCUT2D eigenvalue weighted by Crippen LogP contribution is -2.50. The van der Waals surface area contributed by atoms with Crippen molar-refractivity contribution in [3.63, 3.8) is 0 Å². The second-order valence-corrected chi connectivity index (χ2v) is 9.63. The lowest BCUT2D eigenvalue weighted by atomic mass is 9.61. The molecule has 0 aromatic heterocycles. The van der Waals surface area contributed by atoms with Gasteiger partial charge in [-0.05, 0) is 64.2 Å². The van der Waals surface area contributed by atoms with Crippen LogP contribution in [-0.4, -0.2) is 23.8 Å². The fourth-order valence-electron chi connectivity index (χ4n) is 5.81. The van der Waals surface area contributed by atoms with Crippen LogP contribution in [0.4, 0.5) is 0 Å². The van der Waals surface area contributed by atoms with Crippen LogP contribution in [0.1, 0.15) is 79.6 Å². The van der Waals surface area contributed by atoms with Gasteiger partial charge < -0.3 is 9.47 Å². The van der Waals surface area contributed by atoms with Crippen molar-refractivity contribution < 1.29 is 14.3 Å². The van der Waals surface area contributed by atoms with Crippen LogP contribution >= 0.6 is 0 Å². The number of hydrogen-bond donors (Lipinski definition) is 0. The van der Waals surface area contributed by atoms with Crippen LogP contribution in [0.15, 0.2) is 23.8 Å². The average Bonchev–Trinajstić information content (AvgIpc) is 2.97. The minimum Gasteiger partial charge on any atom is -0.457 e. The van der Waals surface area contributed by atoms with Gasteiger partial charge in [-0.25, -0.2) is 0 Å². The highest BCUT2D eigenvalue weighted by molar-refractivity contribution is 5.69. The number of rotatable bonds is 4. The first kappa shape index (κ1) is 20.6. The number of esters is 1. The van der Waals surface area contributed by atoms with Gasteiger partial charge in [-0.2, -0.15) is 0 Å². The number of fused-ring (bicyclic) bond motifs is 5. The second kappa shape index (κ2) is 8.11. The summed E-state index contributed by atoms with van der Waals surface area (Å²) in [5.74, 6) is 1.91. The average molecular weight is 375 g/mol. The van der Waals surface area contributed by atoms with Crippen molar-refractivity contribution in [2.75, 3.05) is 0 Å². The molecule has 1 saturated carbocycles. The SMILES string of the molecule is C=C1CC[C@H](C(C)C)[C@@H]2[C@H]1[C@H]1C/C(C)=C\CC[C@@](C)(OC(=O)CCC)[C@@H]2O1. The Morgan fingerprint density at radius 3 is 2.85 bits per heavy atom. The van der Waals surface area contributed by atoms with Gasteiger partial charge in [0.25, 0.3) is 0 Å². The highest BCUT2D eigenvalue weighted by atomic mass is 16.6. The van der Waals surface area contributed by atoms with E-state index in [1.807, 2.05) is 6.92 Å². The molecule has 3 aliphatic rings. The predicted molar refractivity (Wildman–Crippen MR) is 109 cm³/mol. The first-order chi connectivity index (χ1) is 12.8. The number of carbonyl (C=O) groups is 1. The summed E-state index contributed by atoms with van der Waals surface area (Å²) in [7, 11) is 0. The molecule has 0 spiro atoms. The van der Waals surface area contributed by atoms with E-state index in [2.05, 4.69) is 40.3 Å². The van der Waals surface area contributed by atoms with E-state index in [9.17, 15) is 4.79 Å². The molecule has 0 N–H and O–H groups in total. The number of allylic oxidation sites excluding steroid dienone is 1. The van der Waals surface area contributed by atoms with E-state index in [0.717, 1.165) is 32.1 Å². The van der Waals surface area contributed by atoms with Crippen molar-refractivity contribution in [3.8, 4) is 0 Å². The van der Waals surface area contributed by atoms with Crippen LogP contribution in [0.2, 0.25) is 0 Å². The molecule has 0 aromatic carbocycles. The van der Waals surface area contributed by atoms with E-state index in [4.69, 9.17) is 9.47 Å². The highest BCUT2D eigenvalue weighted by Crippen LogP contribution is 2.55. The molecule has 3 rings (SSSR count). The summed E-state index contributed by atoms with van der Waals surface area (Å²) in [4.78, 5) is 12.5. The minimum absolute atomic E-state index is 0.0305. The van der Waals surface area contributed by atoms with E-state index in [1.54, 1.807) is 0 Å². The molecule has 0 radical (unpaired) electrons. The fourth-order valence-corrected chi connectivity index (χ4v) is 5.81. The first-order valence-electron chi connectivity index (χ1n) is 11.0. The smallest absolute Gasteiger partial charge is 0.306 e. The molecule has 2 fully saturated rings. The third-order valence-corrected chi connectivity index (χ3v) is 7.17. The van der Waals surface area contributed by atoms with Gasteiger partial charge in [0.2, 0.25) is 0 Å². The van der Waals surface area contributed by atoms with Crippen molar-refractivity contribution in [2.45, 2.75) is 97.4 Å². The molecule has 0 aromatic rings. The summed E-state index contributed by atoms with van der Waals surface area (Å²) < 4.78 is 12.9. The van der Waals surface area contributed by atoms with E-state index in [1.165, 1.54) is 17.6 Å². The molecule has 2 heterocycles. The summed E-state index contributed by atoms with van der Waals surface area (Å²) in [5.41, 5.74) is 2.18. The normalized spacial score (nSPS) is 41.2. The summed E-state index contributed by atoms with van der Waals surface area (Å²) >= 11 is 0. The molecule has 0 amide bonds. The van der Waals surface area contributed by atoms with Crippen molar-refractivity contribution in [1.29, 1.82) is 0 Å². The minimum atomic E-state index is -0.560. The number of carbonyl (C=O) groups excluding carboxylic acids is 1. The van der Waals surface area contributed by atoms with Crippen LogP contribution in [0, 0.1) is 23.7 Å². The van der Waals surface area contributed by atoms with Gasteiger partial charge in [0.15, 0.2) is 0 Å². The topological polar surface area (TPSA) is 35.5 Å². The van der Waals surface area contributed by atoms with Gasteiger partial charge in [0.1, 0.15) is 11.7 Å². The Morgan fingerprint density at radius 1 is 1.44 bits per heavy atom. The molecule has 2 bridgehead atoms. The molecule has 152 valence electrons. The highest BCUT2D eigenvalue weighted by Gasteiger charge is 2.58. The molecule has 2 aliphatic heterocycles. The van der Waals surface area contributed by atoms with E-state index in [-0.39, 0.29) is 18.2 Å². The van der Waals surface area contributed by atoms with Crippen molar-refractivity contribution in [2.24, 2.45) is 23.7 Å². The Hall–Kier alpha value is -1.09. The van der Waals surface area contributed by atoms with E-state index < -0.39 is 5.60 Å². The van der Waals surface area contributed by atoms with Crippen LogP contribution in [0.5, 0.6) is 0 Å². The fraction of sp³-hybridized carbons (Fsp3) is 0.792. The standard InChI is InChI=1S/C24H38O3/c1-7-9-20(25)27-24(6)13-8-10-16(4)14-19-21-17(5)11-12-18(15(2)3)22(21)23(24)26-19/h10,15,18-19,21-23H,5,7-9,11-14H2,1-4,6H3/b16-10-/t18-,19-,21-,22-,23-,24-/m1/s1. The summed E-state index contributed by atoms with van der Waals surface area (Å²) in [6, 6.07) is 0. The third-order valence-electron chi connectivity index (χ3n) is 7.17. The third kappa shape index (κ3) is 4.04. The zero-order valence-electron chi connectivity index (χ0n) is 17.9. The summed E-state index contributed by atoms with van der Waals surface area (Å²) in [5, 5.41) is 0. The molecule has 6 atom stereocenters. The Kier molecular flexibility index (Phi) is 6.20. The Labute approximate surface area is 165 Å². The maximum absolute atomic E-state index is 12.5. The van der Waals surface area contributed by atoms with Crippen LogP contribution < -0.4 is 0 Å². The molecule has 27 heavy (non-hydrogen) atoms. The second-order valence-electron chi connectivity index (χ2n) is 9.63. The Balaban J connectivity index is 2.00. The van der Waals surface area contributed by atoms with Gasteiger partial charge in [-0.3, -0.25) is 4.79 Å². The largest absolute Gasteiger partial charge is 0.457 e. The predicted octanol–water partition coefficient (Wildman–Crippen LogP) is 5.84. The lowest BCUT2D eigenvalue weighted by molar-refractivity contribution is -0.181. The van der Waals surface area contributed by atoms with Gasteiger partial charge in [-0.1, -0.05) is 44.6 Å². The van der Waals surface area contributed by atoms with Crippen molar-refractivity contribution in [1.82, 2.24) is 0 Å². The molecule has 3 nitrogen and oxygen atoms in total. The first-order valence-corrected chi connectivity index (χ1v) is 11.0. The number of hydrogen-bond acceptors (Lipinski definition) is 3. The van der Waals surface area contributed by atoms with Gasteiger partial charge in [0.05, 0.1) is 6.10 Å². The number of ether oxygens (including phenoxy) is 2. The van der Waals surface area contributed by atoms with Crippen LogP contribution in [0.3, 0.4) is 0 Å². The van der Waals surface area contributed by atoms with E-state index in [0.29, 0.717) is 30.1 Å². The van der Waals surface area contributed by atoms with E-state index >= 15 is 0 Å². The van der Waals surface area contributed by atoms with Crippen LogP contribution in [-0.2, 0) is 14.3 Å². The van der Waals surface area contributed by atoms with Crippen molar-refractivity contribution >= 4 is 5.97 Å². The quantitative estimate of drug-likeness (QED) is 0.458. The monoisotopic (exact) mass is 374 g/mol. The zero-order valence-corrected chi connectivity index (χ0v) is 17.9. The Bertz CT molecular complexity index is 605. The summed E-state index contributed by atoms with van der Waals surface area (Å²) in [6.07, 6.45) is 8.79. The maximum atomic E-state index is 12.5. The molecule has 1 saturated heterocycles. The van der Waals surface area contributed by atoms with Crippen molar-refractivity contribution in [3.05, 3.63) is 23.8 Å². The zero-order chi connectivity index (χ0) is 19.8. The molecule has 0 unspecified atom stereocenters. The molecular formula is C24H38O3. The van der Waals surface area contributed by atoms with Gasteiger partial charge >= 0.3 is 5.97 Å². The molecule has 1 aliphatic carbocycles. The van der Waals surface area contributed by atoms with Crippen LogP contribution in [0.25, 0.3) is 0 Å². The van der Waals surface area contributed by atoms with Gasteiger partial charge in [-0.15, -0.1) is 0 Å². The van der Waals surface area contributed by atoms with Gasteiger partial charge in [0, 0.05) is 18.3 Å². The summed E-state index contributed by atoms with van der Waals surface area (Å²) in [6.45, 7) is 15.5. The molecule has 3 heteroatoms. The lowest BCUT2D eigenvalue weighted by Gasteiger charge is -2.45. The maximum Gasteiger partial charge on any atom is 0.306 e. The Morgan fingerprint density at radius 2 is 2.19 bits per heavy atom.